The van der Waals surface area contributed by atoms with Gasteiger partial charge in [-0.1, -0.05) is 13.8 Å². The van der Waals surface area contributed by atoms with Gasteiger partial charge in [-0.05, 0) is 7.05 Å². The molecule has 0 aromatic rings. The van der Waals surface area contributed by atoms with E-state index < -0.39 is 18.0 Å². The molecule has 0 atom stereocenters. The van der Waals surface area contributed by atoms with E-state index in [1.54, 1.807) is 0 Å². The van der Waals surface area contributed by atoms with Crippen molar-refractivity contribution in [2.45, 2.75) is 19.9 Å². The normalized spacial score (nSPS) is 8.46. The van der Waals surface area contributed by atoms with Crippen LogP contribution in [0.25, 0.3) is 0 Å². The molecule has 0 aliphatic heterocycles. The number of methoxy groups -OCH3 is 2. The van der Waals surface area contributed by atoms with Crippen LogP contribution in [-0.2, 0) is 19.1 Å². The Kier molecular flexibility index (Phi) is 9.98. The molecule has 78 valence electrons. The summed E-state index contributed by atoms with van der Waals surface area (Å²) in [6, 6.07) is -1.02. The van der Waals surface area contributed by atoms with Gasteiger partial charge >= 0.3 is 11.9 Å². The van der Waals surface area contributed by atoms with Crippen LogP contribution < -0.4 is 5.32 Å². The SMILES string of the molecule is CC.CNC(C(=O)OC)C(=O)OC. The predicted molar refractivity (Wildman–Crippen MR) is 48.2 cm³/mol. The minimum atomic E-state index is -1.02. The van der Waals surface area contributed by atoms with Crippen molar-refractivity contribution in [1.82, 2.24) is 5.32 Å². The van der Waals surface area contributed by atoms with Crippen molar-refractivity contribution in [3.63, 3.8) is 0 Å². The average Bonchev–Trinajstić information content (AvgIpc) is 2.21. The minimum Gasteiger partial charge on any atom is -0.467 e. The van der Waals surface area contributed by atoms with Gasteiger partial charge in [0, 0.05) is 0 Å². The molecule has 0 aromatic carbocycles. The number of esters is 2. The summed E-state index contributed by atoms with van der Waals surface area (Å²) < 4.78 is 8.65. The lowest BCUT2D eigenvalue weighted by atomic mass is 10.3. The number of carbonyl (C=O) groups is 2. The molecule has 5 heteroatoms. The molecule has 0 bridgehead atoms. The van der Waals surface area contributed by atoms with Crippen LogP contribution in [-0.4, -0.2) is 39.2 Å². The zero-order valence-electron chi connectivity index (χ0n) is 8.71. The summed E-state index contributed by atoms with van der Waals surface area (Å²) in [4.78, 5) is 21.5. The van der Waals surface area contributed by atoms with Gasteiger partial charge in [-0.15, -0.1) is 0 Å². The largest absolute Gasteiger partial charge is 0.467 e. The van der Waals surface area contributed by atoms with E-state index >= 15 is 0 Å². The first-order valence-electron chi connectivity index (χ1n) is 4.00. The molecule has 0 aliphatic rings. The zero-order valence-corrected chi connectivity index (χ0v) is 8.71. The lowest BCUT2D eigenvalue weighted by Crippen LogP contribution is -2.42. The Morgan fingerprint density at radius 1 is 1.08 bits per heavy atom. The monoisotopic (exact) mass is 191 g/mol. The maximum atomic E-state index is 10.8. The van der Waals surface area contributed by atoms with Gasteiger partial charge in [-0.2, -0.15) is 0 Å². The molecule has 0 unspecified atom stereocenters. The van der Waals surface area contributed by atoms with E-state index in [9.17, 15) is 9.59 Å². The smallest absolute Gasteiger partial charge is 0.334 e. The predicted octanol–water partition coefficient (Wildman–Crippen LogP) is -0.0534. The Bertz CT molecular complexity index is 142. The fourth-order valence-electron chi connectivity index (χ4n) is 0.568. The van der Waals surface area contributed by atoms with E-state index in [-0.39, 0.29) is 0 Å². The summed E-state index contributed by atoms with van der Waals surface area (Å²) in [5, 5.41) is 2.45. The van der Waals surface area contributed by atoms with Crippen LogP contribution in [0, 0.1) is 0 Å². The number of rotatable bonds is 3. The van der Waals surface area contributed by atoms with E-state index in [0.717, 1.165) is 0 Å². The second-order valence-electron chi connectivity index (χ2n) is 1.77. The molecule has 0 radical (unpaired) electrons. The molecule has 5 nitrogen and oxygen atoms in total. The molecular formula is C8H17NO4. The number of carbonyl (C=O) groups excluding carboxylic acids is 2. The molecule has 0 spiro atoms. The molecule has 0 amide bonds. The second-order valence-corrected chi connectivity index (χ2v) is 1.77. The van der Waals surface area contributed by atoms with Crippen LogP contribution in [0.2, 0.25) is 0 Å². The second kappa shape index (κ2) is 8.99. The molecule has 0 aromatic heterocycles. The zero-order chi connectivity index (χ0) is 10.9. The van der Waals surface area contributed by atoms with E-state index in [1.165, 1.54) is 21.3 Å². The molecule has 0 fully saturated rings. The summed E-state index contributed by atoms with van der Waals surface area (Å²) >= 11 is 0. The summed E-state index contributed by atoms with van der Waals surface area (Å²) in [6.07, 6.45) is 0. The van der Waals surface area contributed by atoms with Crippen LogP contribution >= 0.6 is 0 Å². The molecular weight excluding hydrogens is 174 g/mol. The van der Waals surface area contributed by atoms with E-state index in [1.807, 2.05) is 13.8 Å². The van der Waals surface area contributed by atoms with E-state index in [2.05, 4.69) is 14.8 Å². The summed E-state index contributed by atoms with van der Waals surface area (Å²) in [5.41, 5.74) is 0. The standard InChI is InChI=1S/C6H11NO4.C2H6/c1-7-4(5(8)10-2)6(9)11-3;1-2/h4,7H,1-3H3;1-2H3. The third kappa shape index (κ3) is 5.19. The molecule has 0 aliphatic carbocycles. The topological polar surface area (TPSA) is 64.6 Å². The highest BCUT2D eigenvalue weighted by molar-refractivity contribution is 5.99. The van der Waals surface area contributed by atoms with Crippen molar-refractivity contribution in [2.24, 2.45) is 0 Å². The molecule has 0 heterocycles. The summed E-state index contributed by atoms with van der Waals surface area (Å²) in [7, 11) is 3.88. The fourth-order valence-corrected chi connectivity index (χ4v) is 0.568. The third-order valence-corrected chi connectivity index (χ3v) is 1.16. The minimum absolute atomic E-state index is 0.653. The van der Waals surface area contributed by atoms with Gasteiger partial charge in [0.2, 0.25) is 6.04 Å². The first-order valence-corrected chi connectivity index (χ1v) is 4.00. The Hall–Kier alpha value is -1.10. The maximum absolute atomic E-state index is 10.8. The first-order chi connectivity index (χ1) is 6.17. The summed E-state index contributed by atoms with van der Waals surface area (Å²) in [5.74, 6) is -1.31. The average molecular weight is 191 g/mol. The van der Waals surface area contributed by atoms with Crippen molar-refractivity contribution in [3.05, 3.63) is 0 Å². The first kappa shape index (κ1) is 14.4. The van der Waals surface area contributed by atoms with Crippen molar-refractivity contribution in [2.75, 3.05) is 21.3 Å². The quantitative estimate of drug-likeness (QED) is 0.500. The Morgan fingerprint density at radius 2 is 1.38 bits per heavy atom. The number of ether oxygens (including phenoxy) is 2. The number of nitrogens with one attached hydrogen (secondary N) is 1. The summed E-state index contributed by atoms with van der Waals surface area (Å²) in [6.45, 7) is 4.00. The molecule has 1 N–H and O–H groups in total. The van der Waals surface area contributed by atoms with Crippen molar-refractivity contribution < 1.29 is 19.1 Å². The van der Waals surface area contributed by atoms with Crippen molar-refractivity contribution >= 4 is 11.9 Å². The lowest BCUT2D eigenvalue weighted by molar-refractivity contribution is -0.154. The van der Waals surface area contributed by atoms with E-state index in [0.29, 0.717) is 0 Å². The molecule has 0 saturated heterocycles. The van der Waals surface area contributed by atoms with Crippen molar-refractivity contribution in [3.8, 4) is 0 Å². The highest BCUT2D eigenvalue weighted by Crippen LogP contribution is 1.89. The fraction of sp³-hybridized carbons (Fsp3) is 0.750. The van der Waals surface area contributed by atoms with E-state index in [4.69, 9.17) is 0 Å². The van der Waals surface area contributed by atoms with Crippen LogP contribution in [0.15, 0.2) is 0 Å². The van der Waals surface area contributed by atoms with Crippen LogP contribution in [0.1, 0.15) is 13.8 Å². The number of hydrogen-bond acceptors (Lipinski definition) is 5. The lowest BCUT2D eigenvalue weighted by Gasteiger charge is -2.09. The van der Waals surface area contributed by atoms with Crippen LogP contribution in [0.3, 0.4) is 0 Å². The number of hydrogen-bond donors (Lipinski definition) is 1. The van der Waals surface area contributed by atoms with Gasteiger partial charge in [0.05, 0.1) is 14.2 Å². The van der Waals surface area contributed by atoms with Crippen molar-refractivity contribution in [1.29, 1.82) is 0 Å². The van der Waals surface area contributed by atoms with Crippen LogP contribution in [0.5, 0.6) is 0 Å². The Balaban J connectivity index is 0. The van der Waals surface area contributed by atoms with Gasteiger partial charge in [-0.25, -0.2) is 9.59 Å². The maximum Gasteiger partial charge on any atom is 0.334 e. The highest BCUT2D eigenvalue weighted by atomic mass is 16.5. The molecule has 13 heavy (non-hydrogen) atoms. The Labute approximate surface area is 78.4 Å². The Morgan fingerprint density at radius 3 is 1.54 bits per heavy atom. The van der Waals surface area contributed by atoms with Gasteiger partial charge in [0.1, 0.15) is 0 Å². The van der Waals surface area contributed by atoms with Gasteiger partial charge in [-0.3, -0.25) is 5.32 Å². The van der Waals surface area contributed by atoms with Gasteiger partial charge in [0.25, 0.3) is 0 Å². The van der Waals surface area contributed by atoms with Crippen LogP contribution in [0.4, 0.5) is 0 Å². The molecule has 0 saturated carbocycles. The molecule has 0 rings (SSSR count). The van der Waals surface area contributed by atoms with Gasteiger partial charge in [0.15, 0.2) is 0 Å². The third-order valence-electron chi connectivity index (χ3n) is 1.16. The number of likely N-dealkylation sites (N-methyl/N-ethyl adjacent to an activating group) is 1. The highest BCUT2D eigenvalue weighted by Gasteiger charge is 2.25. The van der Waals surface area contributed by atoms with Gasteiger partial charge < -0.3 is 9.47 Å².